The Morgan fingerprint density at radius 1 is 1.29 bits per heavy atom. The number of nitrogens with zero attached hydrogens (tertiary/aromatic N) is 5. The van der Waals surface area contributed by atoms with Crippen LogP contribution in [0.1, 0.15) is 18.3 Å². The Morgan fingerprint density at radius 2 is 2.05 bits per heavy atom. The first-order valence-corrected chi connectivity index (χ1v) is 8.93. The van der Waals surface area contributed by atoms with Crippen LogP contribution in [0.3, 0.4) is 0 Å². The maximum atomic E-state index is 4.57. The molecule has 7 heteroatoms. The SMILES string of the molecule is CCc1nn(C)c(CN2CCN(c3nccs3)CC2)c1Br. The van der Waals surface area contributed by atoms with Crippen molar-refractivity contribution < 1.29 is 0 Å². The molecule has 1 aliphatic heterocycles. The van der Waals surface area contributed by atoms with Gasteiger partial charge < -0.3 is 4.90 Å². The molecule has 0 aliphatic carbocycles. The minimum absolute atomic E-state index is 0.954. The van der Waals surface area contributed by atoms with Crippen molar-refractivity contribution >= 4 is 32.4 Å². The van der Waals surface area contributed by atoms with Gasteiger partial charge in [0.2, 0.25) is 0 Å². The van der Waals surface area contributed by atoms with Gasteiger partial charge in [0.15, 0.2) is 5.13 Å². The second-order valence-electron chi connectivity index (χ2n) is 5.26. The van der Waals surface area contributed by atoms with Gasteiger partial charge in [0.25, 0.3) is 0 Å². The van der Waals surface area contributed by atoms with Crippen LogP contribution < -0.4 is 4.90 Å². The minimum Gasteiger partial charge on any atom is -0.346 e. The van der Waals surface area contributed by atoms with E-state index in [1.165, 1.54) is 10.2 Å². The number of halogens is 1. The zero-order valence-corrected chi connectivity index (χ0v) is 14.8. The topological polar surface area (TPSA) is 37.2 Å². The Labute approximate surface area is 137 Å². The van der Waals surface area contributed by atoms with Crippen LogP contribution in [0.4, 0.5) is 5.13 Å². The second kappa shape index (κ2) is 6.46. The standard InChI is InChI=1S/C14H20BrN5S/c1-3-11-13(15)12(18(2)17-11)10-19-5-7-20(8-6-19)14-16-4-9-21-14/h4,9H,3,5-8,10H2,1-2H3. The highest BCUT2D eigenvalue weighted by atomic mass is 79.9. The Kier molecular flexibility index (Phi) is 4.61. The summed E-state index contributed by atoms with van der Waals surface area (Å²) in [5.41, 5.74) is 2.42. The number of rotatable bonds is 4. The van der Waals surface area contributed by atoms with E-state index in [1.807, 2.05) is 23.3 Å². The van der Waals surface area contributed by atoms with E-state index < -0.39 is 0 Å². The molecule has 0 saturated carbocycles. The van der Waals surface area contributed by atoms with Crippen molar-refractivity contribution in [3.05, 3.63) is 27.4 Å². The number of aryl methyl sites for hydroxylation is 2. The highest BCUT2D eigenvalue weighted by Crippen LogP contribution is 2.24. The lowest BCUT2D eigenvalue weighted by molar-refractivity contribution is 0.243. The van der Waals surface area contributed by atoms with Crippen LogP contribution in [0.25, 0.3) is 0 Å². The molecule has 3 heterocycles. The van der Waals surface area contributed by atoms with Gasteiger partial charge in [-0.3, -0.25) is 9.58 Å². The van der Waals surface area contributed by atoms with Crippen LogP contribution in [0.15, 0.2) is 16.0 Å². The molecule has 2 aromatic rings. The third kappa shape index (κ3) is 3.14. The zero-order chi connectivity index (χ0) is 14.8. The fourth-order valence-electron chi connectivity index (χ4n) is 2.67. The van der Waals surface area contributed by atoms with Gasteiger partial charge >= 0.3 is 0 Å². The molecule has 3 rings (SSSR count). The Bertz CT molecular complexity index is 587. The molecule has 0 bridgehead atoms. The van der Waals surface area contributed by atoms with Crippen molar-refractivity contribution in [1.29, 1.82) is 0 Å². The predicted octanol–water partition coefficient (Wildman–Crippen LogP) is 2.52. The molecule has 0 unspecified atom stereocenters. The van der Waals surface area contributed by atoms with Gasteiger partial charge in [0, 0.05) is 51.3 Å². The number of aromatic nitrogens is 3. The van der Waals surface area contributed by atoms with E-state index >= 15 is 0 Å². The summed E-state index contributed by atoms with van der Waals surface area (Å²) < 4.78 is 3.19. The van der Waals surface area contributed by atoms with Gasteiger partial charge in [0.05, 0.1) is 15.9 Å². The molecule has 21 heavy (non-hydrogen) atoms. The first-order valence-electron chi connectivity index (χ1n) is 7.26. The second-order valence-corrected chi connectivity index (χ2v) is 6.93. The molecule has 0 spiro atoms. The third-order valence-corrected chi connectivity index (χ3v) is 5.69. The number of hydrogen-bond donors (Lipinski definition) is 0. The number of thiazole rings is 1. The van der Waals surface area contributed by atoms with E-state index in [2.05, 4.69) is 42.7 Å². The molecular weight excluding hydrogens is 350 g/mol. The smallest absolute Gasteiger partial charge is 0.185 e. The molecule has 0 N–H and O–H groups in total. The van der Waals surface area contributed by atoms with E-state index in [-0.39, 0.29) is 0 Å². The normalized spacial score (nSPS) is 16.6. The summed E-state index contributed by atoms with van der Waals surface area (Å²) in [5, 5.41) is 7.76. The summed E-state index contributed by atoms with van der Waals surface area (Å²) >= 11 is 5.42. The van der Waals surface area contributed by atoms with Crippen molar-refractivity contribution in [3.8, 4) is 0 Å². The summed E-state index contributed by atoms with van der Waals surface area (Å²) in [5.74, 6) is 0. The predicted molar refractivity (Wildman–Crippen MR) is 89.9 cm³/mol. The molecular formula is C14H20BrN5S. The van der Waals surface area contributed by atoms with Crippen LogP contribution in [-0.2, 0) is 20.0 Å². The lowest BCUT2D eigenvalue weighted by atomic mass is 10.2. The summed E-state index contributed by atoms with van der Waals surface area (Å²) in [6, 6.07) is 0. The van der Waals surface area contributed by atoms with Crippen LogP contribution in [-0.4, -0.2) is 45.8 Å². The maximum absolute atomic E-state index is 4.57. The van der Waals surface area contributed by atoms with Crippen LogP contribution in [0.5, 0.6) is 0 Å². The van der Waals surface area contributed by atoms with Crippen molar-refractivity contribution in [3.63, 3.8) is 0 Å². The van der Waals surface area contributed by atoms with Crippen LogP contribution in [0.2, 0.25) is 0 Å². The van der Waals surface area contributed by atoms with E-state index in [0.717, 1.165) is 50.0 Å². The van der Waals surface area contributed by atoms with Gasteiger partial charge in [-0.25, -0.2) is 4.98 Å². The summed E-state index contributed by atoms with van der Waals surface area (Å²) in [4.78, 5) is 9.26. The lowest BCUT2D eigenvalue weighted by Gasteiger charge is -2.34. The minimum atomic E-state index is 0.954. The van der Waals surface area contributed by atoms with E-state index in [9.17, 15) is 0 Å². The highest BCUT2D eigenvalue weighted by Gasteiger charge is 2.21. The Morgan fingerprint density at radius 3 is 2.62 bits per heavy atom. The number of anilines is 1. The zero-order valence-electron chi connectivity index (χ0n) is 12.4. The first-order chi connectivity index (χ1) is 10.2. The largest absolute Gasteiger partial charge is 0.346 e. The quantitative estimate of drug-likeness (QED) is 0.829. The van der Waals surface area contributed by atoms with Gasteiger partial charge in [-0.15, -0.1) is 11.3 Å². The summed E-state index contributed by atoms with van der Waals surface area (Å²) in [7, 11) is 2.03. The van der Waals surface area contributed by atoms with Gasteiger partial charge in [0.1, 0.15) is 0 Å². The molecule has 0 radical (unpaired) electrons. The fraction of sp³-hybridized carbons (Fsp3) is 0.571. The molecule has 0 aromatic carbocycles. The van der Waals surface area contributed by atoms with E-state index in [4.69, 9.17) is 0 Å². The Hall–Kier alpha value is -0.920. The molecule has 1 aliphatic rings. The molecule has 1 fully saturated rings. The van der Waals surface area contributed by atoms with Crippen LogP contribution >= 0.6 is 27.3 Å². The number of piperazine rings is 1. The lowest BCUT2D eigenvalue weighted by Crippen LogP contribution is -2.46. The van der Waals surface area contributed by atoms with Crippen molar-refractivity contribution in [2.75, 3.05) is 31.1 Å². The average Bonchev–Trinajstić information content (AvgIpc) is 3.12. The van der Waals surface area contributed by atoms with E-state index in [1.54, 1.807) is 11.3 Å². The first kappa shape index (κ1) is 15.0. The Balaban J connectivity index is 1.62. The van der Waals surface area contributed by atoms with Gasteiger partial charge in [-0.1, -0.05) is 6.92 Å². The van der Waals surface area contributed by atoms with Gasteiger partial charge in [-0.2, -0.15) is 5.10 Å². The molecule has 0 atom stereocenters. The highest BCUT2D eigenvalue weighted by molar-refractivity contribution is 9.10. The molecule has 114 valence electrons. The van der Waals surface area contributed by atoms with Crippen molar-refractivity contribution in [2.24, 2.45) is 7.05 Å². The van der Waals surface area contributed by atoms with Crippen molar-refractivity contribution in [1.82, 2.24) is 19.7 Å². The van der Waals surface area contributed by atoms with Gasteiger partial charge in [-0.05, 0) is 22.4 Å². The summed E-state index contributed by atoms with van der Waals surface area (Å²) in [6.45, 7) is 7.32. The molecule has 0 amide bonds. The molecule has 5 nitrogen and oxygen atoms in total. The molecule has 1 saturated heterocycles. The average molecular weight is 370 g/mol. The van der Waals surface area contributed by atoms with E-state index in [0.29, 0.717) is 0 Å². The molecule has 2 aromatic heterocycles. The fourth-order valence-corrected chi connectivity index (χ4v) is 4.11. The van der Waals surface area contributed by atoms with Crippen LogP contribution in [0, 0.1) is 0 Å². The maximum Gasteiger partial charge on any atom is 0.185 e. The summed E-state index contributed by atoms with van der Waals surface area (Å²) in [6.07, 6.45) is 2.84. The number of hydrogen-bond acceptors (Lipinski definition) is 5. The third-order valence-electron chi connectivity index (χ3n) is 3.94. The van der Waals surface area contributed by atoms with Crippen molar-refractivity contribution in [2.45, 2.75) is 19.9 Å². The monoisotopic (exact) mass is 369 g/mol.